The van der Waals surface area contributed by atoms with E-state index in [9.17, 15) is 4.39 Å². The normalized spacial score (nSPS) is 10.5. The van der Waals surface area contributed by atoms with Crippen molar-refractivity contribution in [3.63, 3.8) is 0 Å². The van der Waals surface area contributed by atoms with Gasteiger partial charge in [0, 0.05) is 22.3 Å². The van der Waals surface area contributed by atoms with Crippen molar-refractivity contribution in [1.29, 1.82) is 0 Å². The standard InChI is InChI=1S/C15H15BrClFN2O/c1-2-5-21-15-8-14(13(19)7-12(15)18)20-9-3-4-10(16)11(17)6-9/h3-4,6-8,20H,2,5,19H2,1H3. The molecule has 0 aliphatic rings. The highest BCUT2D eigenvalue weighted by Gasteiger charge is 2.10. The fraction of sp³-hybridized carbons (Fsp3) is 0.200. The maximum Gasteiger partial charge on any atom is 0.167 e. The van der Waals surface area contributed by atoms with Gasteiger partial charge in [0.15, 0.2) is 11.6 Å². The summed E-state index contributed by atoms with van der Waals surface area (Å²) in [6.45, 7) is 2.41. The molecule has 0 saturated carbocycles. The molecule has 2 aromatic rings. The number of benzene rings is 2. The van der Waals surface area contributed by atoms with Crippen molar-refractivity contribution in [3.05, 3.63) is 45.6 Å². The zero-order chi connectivity index (χ0) is 15.4. The quantitative estimate of drug-likeness (QED) is 0.694. The summed E-state index contributed by atoms with van der Waals surface area (Å²) in [6, 6.07) is 8.20. The van der Waals surface area contributed by atoms with E-state index in [2.05, 4.69) is 21.2 Å². The molecule has 0 aromatic heterocycles. The molecule has 21 heavy (non-hydrogen) atoms. The van der Waals surface area contributed by atoms with E-state index >= 15 is 0 Å². The van der Waals surface area contributed by atoms with E-state index in [4.69, 9.17) is 22.1 Å². The Kier molecular flexibility index (Phi) is 5.31. The molecule has 0 bridgehead atoms. The van der Waals surface area contributed by atoms with Gasteiger partial charge in [-0.1, -0.05) is 18.5 Å². The van der Waals surface area contributed by atoms with Gasteiger partial charge < -0.3 is 15.8 Å². The molecule has 0 spiro atoms. The molecular weight excluding hydrogens is 359 g/mol. The van der Waals surface area contributed by atoms with Gasteiger partial charge in [-0.05, 0) is 40.5 Å². The van der Waals surface area contributed by atoms with E-state index < -0.39 is 5.82 Å². The molecule has 0 heterocycles. The van der Waals surface area contributed by atoms with Crippen molar-refractivity contribution in [2.75, 3.05) is 17.7 Å². The highest BCUT2D eigenvalue weighted by atomic mass is 79.9. The minimum Gasteiger partial charge on any atom is -0.490 e. The second-order valence-electron chi connectivity index (χ2n) is 4.47. The lowest BCUT2D eigenvalue weighted by Gasteiger charge is -2.13. The van der Waals surface area contributed by atoms with E-state index in [1.165, 1.54) is 6.07 Å². The van der Waals surface area contributed by atoms with Crippen LogP contribution in [0.5, 0.6) is 5.75 Å². The Labute approximate surface area is 136 Å². The summed E-state index contributed by atoms with van der Waals surface area (Å²) in [5.41, 5.74) is 7.46. The number of anilines is 3. The van der Waals surface area contributed by atoms with Crippen LogP contribution in [0.2, 0.25) is 5.02 Å². The van der Waals surface area contributed by atoms with Gasteiger partial charge in [-0.3, -0.25) is 0 Å². The highest BCUT2D eigenvalue weighted by Crippen LogP contribution is 2.32. The molecule has 0 unspecified atom stereocenters. The summed E-state index contributed by atoms with van der Waals surface area (Å²) in [6.07, 6.45) is 0.800. The van der Waals surface area contributed by atoms with E-state index in [-0.39, 0.29) is 5.75 Å². The lowest BCUT2D eigenvalue weighted by molar-refractivity contribution is 0.301. The van der Waals surface area contributed by atoms with Gasteiger partial charge in [0.25, 0.3) is 0 Å². The van der Waals surface area contributed by atoms with Crippen molar-refractivity contribution in [3.8, 4) is 5.75 Å². The molecule has 0 amide bonds. The summed E-state index contributed by atoms with van der Waals surface area (Å²) in [7, 11) is 0. The van der Waals surface area contributed by atoms with E-state index in [1.807, 2.05) is 19.1 Å². The molecule has 6 heteroatoms. The molecule has 112 valence electrons. The van der Waals surface area contributed by atoms with Gasteiger partial charge in [-0.25, -0.2) is 4.39 Å². The Hall–Kier alpha value is -1.46. The van der Waals surface area contributed by atoms with Crippen LogP contribution in [0.15, 0.2) is 34.8 Å². The van der Waals surface area contributed by atoms with Crippen molar-refractivity contribution in [2.45, 2.75) is 13.3 Å². The van der Waals surface area contributed by atoms with E-state index in [0.29, 0.717) is 23.0 Å². The van der Waals surface area contributed by atoms with Crippen LogP contribution in [0.3, 0.4) is 0 Å². The fourth-order valence-electron chi connectivity index (χ4n) is 1.73. The summed E-state index contributed by atoms with van der Waals surface area (Å²) in [5, 5.41) is 3.68. The van der Waals surface area contributed by atoms with Crippen LogP contribution in [-0.2, 0) is 0 Å². The van der Waals surface area contributed by atoms with Crippen LogP contribution < -0.4 is 15.8 Å². The Morgan fingerprint density at radius 2 is 2.10 bits per heavy atom. The van der Waals surface area contributed by atoms with Crippen molar-refractivity contribution in [2.24, 2.45) is 0 Å². The average molecular weight is 374 g/mol. The van der Waals surface area contributed by atoms with Gasteiger partial charge in [-0.2, -0.15) is 0 Å². The van der Waals surface area contributed by atoms with Gasteiger partial charge in [-0.15, -0.1) is 0 Å². The summed E-state index contributed by atoms with van der Waals surface area (Å²) in [4.78, 5) is 0. The van der Waals surface area contributed by atoms with Crippen molar-refractivity contribution in [1.82, 2.24) is 0 Å². The summed E-state index contributed by atoms with van der Waals surface area (Å²) >= 11 is 9.37. The lowest BCUT2D eigenvalue weighted by Crippen LogP contribution is -2.02. The second-order valence-corrected chi connectivity index (χ2v) is 5.73. The SMILES string of the molecule is CCCOc1cc(Nc2ccc(Br)c(Cl)c2)c(N)cc1F. The largest absolute Gasteiger partial charge is 0.490 e. The first-order valence-corrected chi connectivity index (χ1v) is 7.62. The predicted octanol–water partition coefficient (Wildman–Crippen LogP) is 5.36. The zero-order valence-corrected chi connectivity index (χ0v) is 13.8. The van der Waals surface area contributed by atoms with Crippen LogP contribution in [0.1, 0.15) is 13.3 Å². The molecule has 0 aliphatic carbocycles. The van der Waals surface area contributed by atoms with Crippen LogP contribution >= 0.6 is 27.5 Å². The van der Waals surface area contributed by atoms with Gasteiger partial charge in [0.2, 0.25) is 0 Å². The average Bonchev–Trinajstić information content (AvgIpc) is 2.44. The number of ether oxygens (including phenoxy) is 1. The number of hydrogen-bond acceptors (Lipinski definition) is 3. The van der Waals surface area contributed by atoms with Gasteiger partial charge in [0.05, 0.1) is 23.0 Å². The lowest BCUT2D eigenvalue weighted by atomic mass is 10.2. The third-order valence-electron chi connectivity index (χ3n) is 2.76. The molecule has 2 aromatic carbocycles. The topological polar surface area (TPSA) is 47.3 Å². The second kappa shape index (κ2) is 7.00. The maximum atomic E-state index is 13.7. The van der Waals surface area contributed by atoms with Gasteiger partial charge >= 0.3 is 0 Å². The Balaban J connectivity index is 2.28. The molecule has 0 fully saturated rings. The van der Waals surface area contributed by atoms with E-state index in [0.717, 1.165) is 16.6 Å². The van der Waals surface area contributed by atoms with Crippen molar-refractivity contribution < 1.29 is 9.13 Å². The first-order chi connectivity index (χ1) is 10.0. The number of nitrogens with two attached hydrogens (primary N) is 1. The Morgan fingerprint density at radius 3 is 2.76 bits per heavy atom. The predicted molar refractivity (Wildman–Crippen MR) is 89.0 cm³/mol. The third-order valence-corrected chi connectivity index (χ3v) is 4.00. The number of halogens is 3. The minimum absolute atomic E-state index is 0.178. The number of rotatable bonds is 5. The Morgan fingerprint density at radius 1 is 1.33 bits per heavy atom. The molecule has 3 N–H and O–H groups in total. The summed E-state index contributed by atoms with van der Waals surface area (Å²) in [5.74, 6) is -0.294. The van der Waals surface area contributed by atoms with Crippen LogP contribution in [0, 0.1) is 5.82 Å². The molecule has 0 aliphatic heterocycles. The fourth-order valence-corrected chi connectivity index (χ4v) is 2.16. The molecule has 0 radical (unpaired) electrons. The minimum atomic E-state index is -0.472. The van der Waals surface area contributed by atoms with Gasteiger partial charge in [0.1, 0.15) is 0 Å². The first kappa shape index (κ1) is 15.9. The van der Waals surface area contributed by atoms with Crippen LogP contribution in [-0.4, -0.2) is 6.61 Å². The number of nitrogens with one attached hydrogen (secondary N) is 1. The first-order valence-electron chi connectivity index (χ1n) is 6.45. The smallest absolute Gasteiger partial charge is 0.167 e. The zero-order valence-electron chi connectivity index (χ0n) is 11.4. The maximum absolute atomic E-state index is 13.7. The number of nitrogen functional groups attached to an aromatic ring is 1. The molecule has 0 saturated heterocycles. The molecule has 0 atom stereocenters. The molecule has 2 rings (SSSR count). The molecular formula is C15H15BrClFN2O. The highest BCUT2D eigenvalue weighted by molar-refractivity contribution is 9.10. The summed E-state index contributed by atoms with van der Waals surface area (Å²) < 4.78 is 19.9. The van der Waals surface area contributed by atoms with Crippen LogP contribution in [0.4, 0.5) is 21.5 Å². The van der Waals surface area contributed by atoms with E-state index in [1.54, 1.807) is 12.1 Å². The van der Waals surface area contributed by atoms with Crippen LogP contribution in [0.25, 0.3) is 0 Å². The number of hydrogen-bond donors (Lipinski definition) is 2. The third kappa shape index (κ3) is 4.02. The Bertz CT molecular complexity index is 652. The molecule has 3 nitrogen and oxygen atoms in total. The monoisotopic (exact) mass is 372 g/mol. The van der Waals surface area contributed by atoms with Crippen molar-refractivity contribution >= 4 is 44.6 Å².